The van der Waals surface area contributed by atoms with Crippen LogP contribution in [-0.4, -0.2) is 34.6 Å². The molecule has 2 atom stereocenters. The minimum Gasteiger partial charge on any atom is -0.489 e. The van der Waals surface area contributed by atoms with Gasteiger partial charge in [0.1, 0.15) is 17.2 Å². The number of carbonyl (C=O) groups excluding carboxylic acids is 2. The van der Waals surface area contributed by atoms with Crippen molar-refractivity contribution in [3.05, 3.63) is 29.6 Å². The molecule has 27 heavy (non-hydrogen) atoms. The van der Waals surface area contributed by atoms with E-state index in [1.807, 2.05) is 13.8 Å². The van der Waals surface area contributed by atoms with Crippen molar-refractivity contribution in [2.75, 3.05) is 0 Å². The number of aromatic nitrogens is 1. The molecule has 0 amide bonds. The van der Waals surface area contributed by atoms with E-state index in [0.29, 0.717) is 29.8 Å². The molecular weight excluding hydrogens is 368 g/mol. The number of nitrogens with one attached hydrogen (secondary N) is 1. The fourth-order valence-corrected chi connectivity index (χ4v) is 3.30. The summed E-state index contributed by atoms with van der Waals surface area (Å²) in [5, 5.41) is 7.31. The molecule has 1 aliphatic rings. The molecule has 0 spiro atoms. The predicted molar refractivity (Wildman–Crippen MR) is 104 cm³/mol. The second-order valence-corrected chi connectivity index (χ2v) is 7.28. The van der Waals surface area contributed by atoms with E-state index in [1.165, 1.54) is 6.08 Å². The van der Waals surface area contributed by atoms with Crippen molar-refractivity contribution in [3.63, 3.8) is 0 Å². The van der Waals surface area contributed by atoms with Crippen molar-refractivity contribution in [3.8, 4) is 5.75 Å². The smallest absolute Gasteiger partial charge is 0.309 e. The van der Waals surface area contributed by atoms with Gasteiger partial charge in [-0.25, -0.2) is 4.98 Å². The predicted octanol–water partition coefficient (Wildman–Crippen LogP) is 4.08. The first-order valence-corrected chi connectivity index (χ1v) is 9.44. The number of rotatable bonds is 7. The molecule has 0 bridgehead atoms. The number of aryl methyl sites for hydroxylation is 1. The van der Waals surface area contributed by atoms with Gasteiger partial charge in [-0.05, 0) is 64.7 Å². The molecule has 2 rings (SSSR count). The summed E-state index contributed by atoms with van der Waals surface area (Å²) in [5.74, 6) is 0.318. The fourth-order valence-electron chi connectivity index (χ4n) is 3.14. The molecule has 0 unspecified atom stereocenters. The number of hydrogen-bond acceptors (Lipinski definition) is 6. The van der Waals surface area contributed by atoms with Crippen LogP contribution in [0, 0.1) is 18.3 Å². The number of allylic oxidation sites excluding steroid dienone is 2. The van der Waals surface area contributed by atoms with E-state index >= 15 is 0 Å². The van der Waals surface area contributed by atoms with Crippen molar-refractivity contribution in [1.29, 1.82) is 5.41 Å². The average molecular weight is 393 g/mol. The van der Waals surface area contributed by atoms with E-state index < -0.39 is 0 Å². The molecule has 1 aromatic heterocycles. The maximum Gasteiger partial charge on any atom is 0.309 e. The third-order valence-electron chi connectivity index (χ3n) is 4.39. The molecular formula is C20H25ClN2O4. The van der Waals surface area contributed by atoms with Crippen LogP contribution < -0.4 is 4.74 Å². The third kappa shape index (κ3) is 5.89. The Balaban J connectivity index is 2.09. The lowest BCUT2D eigenvalue weighted by Crippen LogP contribution is -2.32. The summed E-state index contributed by atoms with van der Waals surface area (Å²) in [4.78, 5) is 27.3. The highest BCUT2D eigenvalue weighted by molar-refractivity contribution is 6.75. The van der Waals surface area contributed by atoms with Gasteiger partial charge in [0, 0.05) is 5.57 Å². The summed E-state index contributed by atoms with van der Waals surface area (Å²) in [7, 11) is 0. The van der Waals surface area contributed by atoms with E-state index in [0.717, 1.165) is 19.3 Å². The molecule has 146 valence electrons. The maximum absolute atomic E-state index is 12.2. The first-order valence-electron chi connectivity index (χ1n) is 9.06. The van der Waals surface area contributed by atoms with Crippen molar-refractivity contribution < 1.29 is 19.1 Å². The van der Waals surface area contributed by atoms with Gasteiger partial charge in [0.2, 0.25) is 0 Å². The highest BCUT2D eigenvalue weighted by Gasteiger charge is 2.30. The number of nitrogens with zero attached hydrogens (tertiary/aromatic N) is 1. The number of ether oxygens (including phenoxy) is 2. The molecule has 0 aromatic carbocycles. The van der Waals surface area contributed by atoms with Crippen LogP contribution in [0.2, 0.25) is 0 Å². The highest BCUT2D eigenvalue weighted by Crippen LogP contribution is 2.30. The van der Waals surface area contributed by atoms with E-state index in [9.17, 15) is 9.59 Å². The van der Waals surface area contributed by atoms with Gasteiger partial charge in [0.15, 0.2) is 0 Å². The average Bonchev–Trinajstić information content (AvgIpc) is 2.61. The molecule has 1 saturated carbocycles. The first-order chi connectivity index (χ1) is 12.8. The molecule has 1 fully saturated rings. The molecule has 6 nitrogen and oxygen atoms in total. The number of aldehydes is 1. The van der Waals surface area contributed by atoms with Crippen LogP contribution in [0.25, 0.3) is 5.57 Å². The van der Waals surface area contributed by atoms with Gasteiger partial charge >= 0.3 is 5.97 Å². The zero-order valence-electron chi connectivity index (χ0n) is 15.8. The van der Waals surface area contributed by atoms with Crippen LogP contribution in [0.1, 0.15) is 50.9 Å². The van der Waals surface area contributed by atoms with Crippen molar-refractivity contribution in [2.24, 2.45) is 5.92 Å². The van der Waals surface area contributed by atoms with Crippen LogP contribution in [-0.2, 0) is 14.3 Å². The number of hydrogen-bond donors (Lipinski definition) is 1. The summed E-state index contributed by atoms with van der Waals surface area (Å²) in [6.45, 7) is 5.49. The summed E-state index contributed by atoms with van der Waals surface area (Å²) in [6.07, 6.45) is 4.81. The van der Waals surface area contributed by atoms with Gasteiger partial charge in [-0.3, -0.25) is 15.0 Å². The van der Waals surface area contributed by atoms with E-state index in [4.69, 9.17) is 26.5 Å². The summed E-state index contributed by atoms with van der Waals surface area (Å²) in [6, 6.07) is 3.42. The van der Waals surface area contributed by atoms with Crippen molar-refractivity contribution >= 4 is 34.6 Å². The van der Waals surface area contributed by atoms with Crippen LogP contribution in [0.3, 0.4) is 0 Å². The second-order valence-electron chi connectivity index (χ2n) is 6.90. The Hall–Kier alpha value is -2.21. The largest absolute Gasteiger partial charge is 0.489 e. The van der Waals surface area contributed by atoms with E-state index in [2.05, 4.69) is 4.98 Å². The molecule has 1 aromatic rings. The van der Waals surface area contributed by atoms with Crippen molar-refractivity contribution in [2.45, 2.75) is 58.7 Å². The fraction of sp³-hybridized carbons (Fsp3) is 0.500. The maximum atomic E-state index is 12.2. The van der Waals surface area contributed by atoms with Crippen LogP contribution in [0.5, 0.6) is 5.75 Å². The molecule has 0 saturated heterocycles. The van der Waals surface area contributed by atoms with E-state index in [-0.39, 0.29) is 34.8 Å². The monoisotopic (exact) mass is 392 g/mol. The third-order valence-corrected chi connectivity index (χ3v) is 4.59. The number of esters is 1. The summed E-state index contributed by atoms with van der Waals surface area (Å²) in [5.41, 5.74) is 1.33. The van der Waals surface area contributed by atoms with Gasteiger partial charge in [0.05, 0.1) is 29.5 Å². The summed E-state index contributed by atoms with van der Waals surface area (Å²) >= 11 is 5.73. The number of carbonyl (C=O) groups is 2. The molecule has 0 radical (unpaired) electrons. The molecule has 1 N–H and O–H groups in total. The van der Waals surface area contributed by atoms with E-state index in [1.54, 1.807) is 19.1 Å². The lowest BCUT2D eigenvalue weighted by molar-refractivity contribution is -0.154. The number of halogens is 1. The summed E-state index contributed by atoms with van der Waals surface area (Å²) < 4.78 is 11.4. The first kappa shape index (κ1) is 21.1. The number of pyridine rings is 1. The topological polar surface area (TPSA) is 89.3 Å². The van der Waals surface area contributed by atoms with Gasteiger partial charge < -0.3 is 9.47 Å². The molecule has 0 aliphatic heterocycles. The lowest BCUT2D eigenvalue weighted by atomic mass is 9.87. The van der Waals surface area contributed by atoms with Crippen LogP contribution >= 0.6 is 11.6 Å². The minimum absolute atomic E-state index is 0.0777. The SMILES string of the molecule is Cc1nc(/C(=C\C=O)C(=N)Cl)ccc1O[C@H]1CCC[C@H](C(=O)OC(C)C)C1. The minimum atomic E-state index is -0.249. The second kappa shape index (κ2) is 9.65. The quantitative estimate of drug-likeness (QED) is 0.327. The van der Waals surface area contributed by atoms with Gasteiger partial charge in [-0.1, -0.05) is 11.6 Å². The Morgan fingerprint density at radius 2 is 2.11 bits per heavy atom. The zero-order chi connectivity index (χ0) is 20.0. The van der Waals surface area contributed by atoms with Gasteiger partial charge in [0.25, 0.3) is 0 Å². The normalized spacial score (nSPS) is 20.3. The molecule has 1 heterocycles. The zero-order valence-corrected chi connectivity index (χ0v) is 16.6. The van der Waals surface area contributed by atoms with Crippen LogP contribution in [0.15, 0.2) is 18.2 Å². The van der Waals surface area contributed by atoms with Crippen molar-refractivity contribution in [1.82, 2.24) is 4.98 Å². The Bertz CT molecular complexity index is 745. The Labute approximate surface area is 164 Å². The van der Waals surface area contributed by atoms with Gasteiger partial charge in [-0.15, -0.1) is 0 Å². The Morgan fingerprint density at radius 1 is 1.37 bits per heavy atom. The standard InChI is InChI=1S/C20H25ClN2O4/c1-12(2)26-20(25)14-5-4-6-15(11-14)27-18-8-7-17(23-13(18)3)16(9-10-24)19(21)22/h7-10,12,14-15,22H,4-6,11H2,1-3H3/b16-9+,22-19?/t14-,15-/m0/s1. The lowest BCUT2D eigenvalue weighted by Gasteiger charge is -2.29. The van der Waals surface area contributed by atoms with Gasteiger partial charge in [-0.2, -0.15) is 0 Å². The highest BCUT2D eigenvalue weighted by atomic mass is 35.5. The molecule has 7 heteroatoms. The molecule has 1 aliphatic carbocycles. The van der Waals surface area contributed by atoms with Crippen LogP contribution in [0.4, 0.5) is 0 Å². The Kier molecular flexibility index (Phi) is 7.54. The Morgan fingerprint density at radius 3 is 2.70 bits per heavy atom.